The Morgan fingerprint density at radius 3 is 2.62 bits per heavy atom. The van der Waals surface area contributed by atoms with Gasteiger partial charge in [0.05, 0.1) is 10.4 Å². The summed E-state index contributed by atoms with van der Waals surface area (Å²) in [6, 6.07) is 0. The molecule has 2 aliphatic rings. The number of rotatable bonds is 2. The molecule has 1 aromatic heterocycles. The monoisotopic (exact) mass is 241 g/mol. The third kappa shape index (κ3) is 1.26. The molecule has 1 aliphatic carbocycles. The van der Waals surface area contributed by atoms with Gasteiger partial charge in [0, 0.05) is 24.8 Å². The zero-order valence-corrected chi connectivity index (χ0v) is 10.3. The molecule has 0 saturated heterocycles. The van der Waals surface area contributed by atoms with Crippen LogP contribution in [0.1, 0.15) is 31.0 Å². The summed E-state index contributed by atoms with van der Waals surface area (Å²) < 4.78 is 25.0. The zero-order valence-electron chi connectivity index (χ0n) is 9.47. The topological polar surface area (TPSA) is 55.2 Å². The highest BCUT2D eigenvalue weighted by Crippen LogP contribution is 2.43. The second-order valence-electron chi connectivity index (χ2n) is 5.10. The third-order valence-corrected chi connectivity index (χ3v) is 5.87. The number of aromatic nitrogens is 2. The molecule has 0 spiro atoms. The molecule has 0 atom stereocenters. The van der Waals surface area contributed by atoms with E-state index in [9.17, 15) is 8.42 Å². The normalized spacial score (nSPS) is 23.4. The molecule has 0 N–H and O–H groups in total. The summed E-state index contributed by atoms with van der Waals surface area (Å²) in [5.41, 5.74) is 1.94. The SMILES string of the molecule is CN1Cc2cn(S(=O)(=O)C3(C)CC3)nc2C1. The van der Waals surface area contributed by atoms with Crippen LogP contribution in [0.4, 0.5) is 0 Å². The van der Waals surface area contributed by atoms with Crippen LogP contribution in [-0.4, -0.2) is 34.3 Å². The van der Waals surface area contributed by atoms with Crippen LogP contribution < -0.4 is 0 Å². The molecule has 2 heterocycles. The molecule has 88 valence electrons. The molecule has 1 fully saturated rings. The molecule has 0 amide bonds. The van der Waals surface area contributed by atoms with E-state index in [1.54, 1.807) is 13.1 Å². The summed E-state index contributed by atoms with van der Waals surface area (Å²) in [5, 5.41) is 4.21. The van der Waals surface area contributed by atoms with Crippen molar-refractivity contribution in [1.82, 2.24) is 14.1 Å². The molecule has 0 unspecified atom stereocenters. The lowest BCUT2D eigenvalue weighted by molar-refractivity contribution is 0.347. The lowest BCUT2D eigenvalue weighted by Crippen LogP contribution is -2.27. The van der Waals surface area contributed by atoms with E-state index in [-0.39, 0.29) is 0 Å². The van der Waals surface area contributed by atoms with Gasteiger partial charge in [-0.1, -0.05) is 0 Å². The average molecular weight is 241 g/mol. The van der Waals surface area contributed by atoms with Crippen molar-refractivity contribution < 1.29 is 8.42 Å². The van der Waals surface area contributed by atoms with Crippen LogP contribution in [0.25, 0.3) is 0 Å². The molecule has 0 aromatic carbocycles. The van der Waals surface area contributed by atoms with Gasteiger partial charge in [-0.3, -0.25) is 4.90 Å². The van der Waals surface area contributed by atoms with Crippen LogP contribution in [0.15, 0.2) is 6.20 Å². The van der Waals surface area contributed by atoms with Crippen molar-refractivity contribution in [2.45, 2.75) is 37.6 Å². The van der Waals surface area contributed by atoms with E-state index in [4.69, 9.17) is 0 Å². The third-order valence-electron chi connectivity index (χ3n) is 3.54. The molecule has 1 saturated carbocycles. The highest BCUT2D eigenvalue weighted by atomic mass is 32.2. The first-order valence-corrected chi connectivity index (χ1v) is 6.87. The Morgan fingerprint density at radius 2 is 2.06 bits per heavy atom. The Kier molecular flexibility index (Phi) is 1.84. The van der Waals surface area contributed by atoms with Crippen LogP contribution >= 0.6 is 0 Å². The largest absolute Gasteiger partial charge is 0.296 e. The summed E-state index contributed by atoms with van der Waals surface area (Å²) in [7, 11) is -1.27. The molecule has 1 aromatic rings. The van der Waals surface area contributed by atoms with Crippen molar-refractivity contribution in [3.8, 4) is 0 Å². The molecule has 0 bridgehead atoms. The predicted octanol–water partition coefficient (Wildman–Crippen LogP) is 0.559. The molecule has 6 heteroatoms. The minimum atomic E-state index is -3.27. The predicted molar refractivity (Wildman–Crippen MR) is 59.4 cm³/mol. The lowest BCUT2D eigenvalue weighted by atomic mass is 10.3. The second kappa shape index (κ2) is 2.87. The Labute approximate surface area is 95.1 Å². The first kappa shape index (κ1) is 10.3. The fourth-order valence-electron chi connectivity index (χ4n) is 2.07. The van der Waals surface area contributed by atoms with Crippen molar-refractivity contribution in [1.29, 1.82) is 0 Å². The smallest absolute Gasteiger partial charge is 0.259 e. The highest BCUT2D eigenvalue weighted by Gasteiger charge is 2.51. The van der Waals surface area contributed by atoms with Crippen LogP contribution in [-0.2, 0) is 23.1 Å². The van der Waals surface area contributed by atoms with Gasteiger partial charge >= 0.3 is 0 Å². The summed E-state index contributed by atoms with van der Waals surface area (Å²) >= 11 is 0. The van der Waals surface area contributed by atoms with Gasteiger partial charge in [-0.25, -0.2) is 8.42 Å². The van der Waals surface area contributed by atoms with Gasteiger partial charge in [-0.05, 0) is 26.8 Å². The van der Waals surface area contributed by atoms with E-state index in [0.717, 1.165) is 37.2 Å². The highest BCUT2D eigenvalue weighted by molar-refractivity contribution is 7.91. The van der Waals surface area contributed by atoms with E-state index >= 15 is 0 Å². The molecule has 3 rings (SSSR count). The van der Waals surface area contributed by atoms with Gasteiger partial charge < -0.3 is 0 Å². The van der Waals surface area contributed by atoms with E-state index in [1.807, 2.05) is 7.05 Å². The molecular formula is C10H15N3O2S. The van der Waals surface area contributed by atoms with Crippen LogP contribution in [0.5, 0.6) is 0 Å². The maximum Gasteiger partial charge on any atom is 0.259 e. The van der Waals surface area contributed by atoms with Crippen LogP contribution in [0, 0.1) is 0 Å². The van der Waals surface area contributed by atoms with Gasteiger partial charge in [0.2, 0.25) is 0 Å². The minimum absolute atomic E-state index is 0.571. The zero-order chi connectivity index (χ0) is 11.6. The summed E-state index contributed by atoms with van der Waals surface area (Å²) in [6.45, 7) is 3.33. The number of fused-ring (bicyclic) bond motifs is 1. The van der Waals surface area contributed by atoms with Crippen molar-refractivity contribution in [3.05, 3.63) is 17.5 Å². The van der Waals surface area contributed by atoms with Gasteiger partial charge in [-0.2, -0.15) is 9.19 Å². The van der Waals surface area contributed by atoms with Crippen molar-refractivity contribution in [3.63, 3.8) is 0 Å². The number of hydrogen-bond donors (Lipinski definition) is 0. The number of nitrogens with zero attached hydrogens (tertiary/aromatic N) is 3. The fraction of sp³-hybridized carbons (Fsp3) is 0.700. The minimum Gasteiger partial charge on any atom is -0.296 e. The molecule has 1 aliphatic heterocycles. The first-order valence-electron chi connectivity index (χ1n) is 5.43. The van der Waals surface area contributed by atoms with Crippen molar-refractivity contribution in [2.24, 2.45) is 0 Å². The second-order valence-corrected chi connectivity index (χ2v) is 7.41. The Morgan fingerprint density at radius 1 is 1.38 bits per heavy atom. The van der Waals surface area contributed by atoms with Gasteiger partial charge in [0.1, 0.15) is 0 Å². The fourth-order valence-corrected chi connectivity index (χ4v) is 3.61. The van der Waals surface area contributed by atoms with Gasteiger partial charge in [0.15, 0.2) is 0 Å². The Bertz CT molecular complexity index is 519. The summed E-state index contributed by atoms with van der Waals surface area (Å²) in [5.74, 6) is 0. The standard InChI is InChI=1S/C10H15N3O2S/c1-10(3-4-10)16(14,15)13-6-8-5-12(2)7-9(8)11-13/h6H,3-5,7H2,1-2H3. The van der Waals surface area contributed by atoms with Gasteiger partial charge in [-0.15, -0.1) is 0 Å². The maximum atomic E-state index is 12.2. The molecule has 16 heavy (non-hydrogen) atoms. The lowest BCUT2D eigenvalue weighted by Gasteiger charge is -2.11. The first-order chi connectivity index (χ1) is 7.42. The van der Waals surface area contributed by atoms with Crippen molar-refractivity contribution in [2.75, 3.05) is 7.05 Å². The molecule has 5 nitrogen and oxygen atoms in total. The summed E-state index contributed by atoms with van der Waals surface area (Å²) in [4.78, 5) is 2.12. The van der Waals surface area contributed by atoms with E-state index in [1.165, 1.54) is 4.09 Å². The van der Waals surface area contributed by atoms with E-state index < -0.39 is 14.8 Å². The Balaban J connectivity index is 2.01. The van der Waals surface area contributed by atoms with E-state index in [0.29, 0.717) is 0 Å². The number of hydrogen-bond acceptors (Lipinski definition) is 4. The van der Waals surface area contributed by atoms with Crippen molar-refractivity contribution >= 4 is 10.0 Å². The van der Waals surface area contributed by atoms with Gasteiger partial charge in [0.25, 0.3) is 10.0 Å². The van der Waals surface area contributed by atoms with E-state index in [2.05, 4.69) is 10.00 Å². The quantitative estimate of drug-likeness (QED) is 0.759. The Hall–Kier alpha value is -0.880. The molecule has 0 radical (unpaired) electrons. The summed E-state index contributed by atoms with van der Waals surface area (Å²) in [6.07, 6.45) is 3.18. The average Bonchev–Trinajstić information content (AvgIpc) is 2.68. The molecular weight excluding hydrogens is 226 g/mol. The van der Waals surface area contributed by atoms with Crippen LogP contribution in [0.3, 0.4) is 0 Å². The van der Waals surface area contributed by atoms with Crippen LogP contribution in [0.2, 0.25) is 0 Å². The maximum absolute atomic E-state index is 12.2.